The van der Waals surface area contributed by atoms with Crippen LogP contribution in [0.15, 0.2) is 54.6 Å². The van der Waals surface area contributed by atoms with E-state index in [0.29, 0.717) is 37.2 Å². The molecule has 0 unspecified atom stereocenters. The van der Waals surface area contributed by atoms with Crippen molar-refractivity contribution in [3.8, 4) is 0 Å². The highest BCUT2D eigenvalue weighted by molar-refractivity contribution is 5.99. The Bertz CT molecular complexity index is 1570. The zero-order chi connectivity index (χ0) is 33.9. The van der Waals surface area contributed by atoms with Gasteiger partial charge in [-0.2, -0.15) is 13.2 Å². The number of aliphatic hydroxyl groups excluding tert-OH is 1. The van der Waals surface area contributed by atoms with E-state index in [9.17, 15) is 36.6 Å². The summed E-state index contributed by atoms with van der Waals surface area (Å²) in [5.41, 5.74) is -0.305. The molecular weight excluding hydrogens is 655 g/mol. The molecule has 262 valence electrons. The lowest BCUT2D eigenvalue weighted by Gasteiger charge is -2.36. The molecule has 1 aliphatic heterocycles. The van der Waals surface area contributed by atoms with Gasteiger partial charge in [0.25, 0.3) is 11.8 Å². The highest BCUT2D eigenvalue weighted by Gasteiger charge is 2.45. The first-order chi connectivity index (χ1) is 22.3. The minimum atomic E-state index is -4.51. The van der Waals surface area contributed by atoms with Crippen molar-refractivity contribution in [2.75, 3.05) is 13.1 Å². The van der Waals surface area contributed by atoms with Gasteiger partial charge in [0.15, 0.2) is 0 Å². The molecule has 2 atom stereocenters. The van der Waals surface area contributed by atoms with E-state index in [1.54, 1.807) is 22.8 Å². The molecule has 2 amide bonds. The lowest BCUT2D eigenvalue weighted by molar-refractivity contribution is -0.137. The van der Waals surface area contributed by atoms with E-state index < -0.39 is 47.0 Å². The lowest BCUT2D eigenvalue weighted by atomic mass is 9.98. The molecule has 2 heterocycles. The maximum absolute atomic E-state index is 14.1. The van der Waals surface area contributed by atoms with E-state index in [1.165, 1.54) is 6.07 Å². The number of alkyl halides is 3. The number of carbonyl (C=O) groups excluding carboxylic acids is 2. The number of hydrogen-bond acceptors (Lipinski definition) is 4. The number of aromatic nitrogens is 1. The van der Waals surface area contributed by atoms with Crippen LogP contribution in [0.2, 0.25) is 0 Å². The number of benzene rings is 2. The molecular formula is C35H42ClF5N4O3. The van der Waals surface area contributed by atoms with Gasteiger partial charge in [0.05, 0.1) is 17.7 Å². The number of rotatable bonds is 14. The van der Waals surface area contributed by atoms with Crippen molar-refractivity contribution in [3.63, 3.8) is 0 Å². The van der Waals surface area contributed by atoms with Crippen molar-refractivity contribution < 1.29 is 36.6 Å². The fourth-order valence-corrected chi connectivity index (χ4v) is 6.66. The molecule has 3 aromatic rings. The molecule has 13 heteroatoms. The van der Waals surface area contributed by atoms with Crippen LogP contribution < -0.4 is 10.6 Å². The summed E-state index contributed by atoms with van der Waals surface area (Å²) in [6.07, 6.45) is -1.17. The molecule has 1 aromatic heterocycles. The summed E-state index contributed by atoms with van der Waals surface area (Å²) in [6, 6.07) is 10.2. The first kappa shape index (κ1) is 37.3. The normalized spacial score (nSPS) is 16.7. The van der Waals surface area contributed by atoms with Gasteiger partial charge in [0, 0.05) is 37.3 Å². The largest absolute Gasteiger partial charge is 0.416 e. The Hall–Kier alpha value is -3.48. The van der Waals surface area contributed by atoms with Crippen LogP contribution in [0.4, 0.5) is 22.0 Å². The fourth-order valence-electron chi connectivity index (χ4n) is 6.66. The van der Waals surface area contributed by atoms with Crippen LogP contribution in [0.5, 0.6) is 0 Å². The number of nitrogens with one attached hydrogen (secondary N) is 2. The SMILES string of the molecule is CCCC(CCC)N1CCn2c(C(=O)N[C@@H](Cc3cc(F)cc(F)c3)[C@@H](O)CNC3(c4cccc(C(F)(F)F)c4)CC3)ccc2C1=O.Cl. The van der Waals surface area contributed by atoms with Crippen molar-refractivity contribution in [2.24, 2.45) is 0 Å². The molecule has 0 bridgehead atoms. The molecule has 5 rings (SSSR count). The number of carbonyl (C=O) groups is 2. The van der Waals surface area contributed by atoms with E-state index in [-0.39, 0.29) is 48.6 Å². The van der Waals surface area contributed by atoms with Gasteiger partial charge in [-0.15, -0.1) is 12.4 Å². The summed E-state index contributed by atoms with van der Waals surface area (Å²) in [5.74, 6) is -2.35. The number of fused-ring (bicyclic) bond motifs is 1. The fraction of sp³-hybridized carbons (Fsp3) is 0.486. The standard InChI is InChI=1S/C35H41F5N4O3.ClH/c1-3-6-27(7-4-2)43-14-15-44-29(10-11-30(44)33(43)47)32(46)42-28(18-22-16-25(36)20-26(37)17-22)31(45)21-41-34(12-13-34)23-8-5-9-24(19-23)35(38,39)40;/h5,8-11,16-17,19-20,27-28,31,41,45H,3-4,6-7,12-15,18,21H2,1-2H3,(H,42,46);1H/t28-,31-;/m0./s1. The Labute approximate surface area is 283 Å². The molecule has 48 heavy (non-hydrogen) atoms. The molecule has 2 aliphatic rings. The molecule has 2 aromatic carbocycles. The highest BCUT2D eigenvalue weighted by Crippen LogP contribution is 2.46. The van der Waals surface area contributed by atoms with Crippen LogP contribution in [-0.2, 0) is 24.7 Å². The molecule has 1 fully saturated rings. The number of nitrogens with zero attached hydrogens (tertiary/aromatic N) is 2. The third-order valence-electron chi connectivity index (χ3n) is 9.24. The van der Waals surface area contributed by atoms with Gasteiger partial charge in [-0.25, -0.2) is 8.78 Å². The highest BCUT2D eigenvalue weighted by atomic mass is 35.5. The molecule has 0 saturated heterocycles. The Kier molecular flexibility index (Phi) is 12.0. The van der Waals surface area contributed by atoms with Crippen LogP contribution >= 0.6 is 12.4 Å². The summed E-state index contributed by atoms with van der Waals surface area (Å²) in [7, 11) is 0. The molecule has 1 saturated carbocycles. The van der Waals surface area contributed by atoms with E-state index in [1.807, 2.05) is 4.90 Å². The maximum atomic E-state index is 14.1. The van der Waals surface area contributed by atoms with Crippen molar-refractivity contribution >= 4 is 24.2 Å². The van der Waals surface area contributed by atoms with Crippen LogP contribution in [0, 0.1) is 11.6 Å². The number of hydrogen-bond donors (Lipinski definition) is 3. The van der Waals surface area contributed by atoms with Gasteiger partial charge in [-0.05, 0) is 79.6 Å². The molecule has 0 spiro atoms. The number of halogens is 6. The third kappa shape index (κ3) is 8.38. The lowest BCUT2D eigenvalue weighted by Crippen LogP contribution is -2.51. The van der Waals surface area contributed by atoms with Gasteiger partial charge < -0.3 is 25.2 Å². The van der Waals surface area contributed by atoms with Crippen molar-refractivity contribution in [2.45, 2.75) is 95.2 Å². The minimum absolute atomic E-state index is 0. The topological polar surface area (TPSA) is 86.6 Å². The van der Waals surface area contributed by atoms with Crippen LogP contribution in [0.1, 0.15) is 90.0 Å². The summed E-state index contributed by atoms with van der Waals surface area (Å²) in [5, 5.41) is 17.3. The maximum Gasteiger partial charge on any atom is 0.416 e. The van der Waals surface area contributed by atoms with Crippen molar-refractivity contribution in [1.29, 1.82) is 0 Å². The second kappa shape index (κ2) is 15.4. The third-order valence-corrected chi connectivity index (χ3v) is 9.24. The number of amides is 2. The Morgan fingerprint density at radius 2 is 1.65 bits per heavy atom. The van der Waals surface area contributed by atoms with E-state index in [2.05, 4.69) is 24.5 Å². The van der Waals surface area contributed by atoms with Crippen molar-refractivity contribution in [3.05, 3.63) is 94.3 Å². The van der Waals surface area contributed by atoms with E-state index in [4.69, 9.17) is 0 Å². The molecule has 3 N–H and O–H groups in total. The molecule has 1 aliphatic carbocycles. The average molecular weight is 697 g/mol. The van der Waals surface area contributed by atoms with Crippen LogP contribution in [-0.4, -0.2) is 57.7 Å². The first-order valence-corrected chi connectivity index (χ1v) is 16.2. The zero-order valence-corrected chi connectivity index (χ0v) is 27.8. The monoisotopic (exact) mass is 696 g/mol. The van der Waals surface area contributed by atoms with Gasteiger partial charge in [0.1, 0.15) is 23.0 Å². The Morgan fingerprint density at radius 1 is 0.979 bits per heavy atom. The van der Waals surface area contributed by atoms with Gasteiger partial charge in [-0.1, -0.05) is 38.8 Å². The van der Waals surface area contributed by atoms with Crippen molar-refractivity contribution in [1.82, 2.24) is 20.1 Å². The van der Waals surface area contributed by atoms with E-state index >= 15 is 0 Å². The minimum Gasteiger partial charge on any atom is -0.390 e. The summed E-state index contributed by atoms with van der Waals surface area (Å²) < 4.78 is 69.9. The van der Waals surface area contributed by atoms with Gasteiger partial charge >= 0.3 is 6.18 Å². The Morgan fingerprint density at radius 3 is 2.25 bits per heavy atom. The molecule has 7 nitrogen and oxygen atoms in total. The second-order valence-electron chi connectivity index (χ2n) is 12.7. The zero-order valence-electron chi connectivity index (χ0n) is 27.0. The smallest absolute Gasteiger partial charge is 0.390 e. The predicted molar refractivity (Wildman–Crippen MR) is 174 cm³/mol. The molecule has 0 radical (unpaired) electrons. The summed E-state index contributed by atoms with van der Waals surface area (Å²) >= 11 is 0. The van der Waals surface area contributed by atoms with Gasteiger partial charge in [0.2, 0.25) is 0 Å². The Balaban J connectivity index is 0.00000520. The van der Waals surface area contributed by atoms with Crippen LogP contribution in [0.25, 0.3) is 0 Å². The number of aliphatic hydroxyl groups is 1. The van der Waals surface area contributed by atoms with Crippen LogP contribution in [0.3, 0.4) is 0 Å². The summed E-state index contributed by atoms with van der Waals surface area (Å²) in [6.45, 7) is 4.90. The average Bonchev–Trinajstić information content (AvgIpc) is 3.68. The summed E-state index contributed by atoms with van der Waals surface area (Å²) in [4.78, 5) is 29.0. The van der Waals surface area contributed by atoms with E-state index in [0.717, 1.165) is 56.0 Å². The predicted octanol–water partition coefficient (Wildman–Crippen LogP) is 6.61. The quantitative estimate of drug-likeness (QED) is 0.166. The second-order valence-corrected chi connectivity index (χ2v) is 12.7. The first-order valence-electron chi connectivity index (χ1n) is 16.2. The van der Waals surface area contributed by atoms with Gasteiger partial charge in [-0.3, -0.25) is 9.59 Å².